The Morgan fingerprint density at radius 3 is 2.50 bits per heavy atom. The molecule has 0 aliphatic heterocycles. The highest BCUT2D eigenvalue weighted by Crippen LogP contribution is 2.29. The number of sulfonamides is 1. The Morgan fingerprint density at radius 2 is 1.90 bits per heavy atom. The van der Waals surface area contributed by atoms with Gasteiger partial charge in [0.1, 0.15) is 4.90 Å². The molecular weight excluding hydrogens is 292 g/mol. The molecule has 108 valence electrons. The molecule has 1 aromatic carbocycles. The van der Waals surface area contributed by atoms with Crippen LogP contribution in [0.3, 0.4) is 0 Å². The fourth-order valence-electron chi connectivity index (χ4n) is 1.93. The Labute approximate surface area is 123 Å². The van der Waals surface area contributed by atoms with Crippen molar-refractivity contribution in [2.75, 3.05) is 11.9 Å². The van der Waals surface area contributed by atoms with Crippen LogP contribution in [-0.4, -0.2) is 15.0 Å². The Bertz CT molecular complexity index is 677. The highest BCUT2D eigenvalue weighted by atomic mass is 32.2. The first kappa shape index (κ1) is 15.0. The Balaban J connectivity index is 2.20. The van der Waals surface area contributed by atoms with Crippen molar-refractivity contribution in [1.29, 1.82) is 0 Å². The maximum atomic E-state index is 11.5. The van der Waals surface area contributed by atoms with Gasteiger partial charge in [-0.1, -0.05) is 32.0 Å². The number of anilines is 1. The number of benzene rings is 1. The summed E-state index contributed by atoms with van der Waals surface area (Å²) >= 11 is 1.69. The molecule has 0 fully saturated rings. The molecule has 0 radical (unpaired) electrons. The molecule has 0 spiro atoms. The zero-order valence-electron chi connectivity index (χ0n) is 11.5. The predicted octanol–water partition coefficient (Wildman–Crippen LogP) is 2.79. The summed E-state index contributed by atoms with van der Waals surface area (Å²) in [5, 5.41) is 10.5. The van der Waals surface area contributed by atoms with Crippen LogP contribution < -0.4 is 10.5 Å². The van der Waals surface area contributed by atoms with Gasteiger partial charge in [0.05, 0.1) is 5.69 Å². The molecule has 4 nitrogen and oxygen atoms in total. The van der Waals surface area contributed by atoms with E-state index in [-0.39, 0.29) is 10.3 Å². The van der Waals surface area contributed by atoms with Crippen molar-refractivity contribution in [3.63, 3.8) is 0 Å². The average molecular weight is 310 g/mol. The van der Waals surface area contributed by atoms with Crippen LogP contribution in [0.25, 0.3) is 0 Å². The third kappa shape index (κ3) is 3.39. The van der Waals surface area contributed by atoms with Crippen LogP contribution in [0.1, 0.15) is 18.7 Å². The fourth-order valence-corrected chi connectivity index (χ4v) is 3.49. The maximum absolute atomic E-state index is 11.5. The summed E-state index contributed by atoms with van der Waals surface area (Å²) in [4.78, 5) is 1.38. The number of nitrogens with one attached hydrogen (secondary N) is 1. The summed E-state index contributed by atoms with van der Waals surface area (Å²) in [5.74, 6) is 0. The molecule has 3 N–H and O–H groups in total. The van der Waals surface area contributed by atoms with Gasteiger partial charge in [-0.3, -0.25) is 0 Å². The summed E-state index contributed by atoms with van der Waals surface area (Å²) in [7, 11) is -3.71. The number of para-hydroxylation sites is 1. The largest absolute Gasteiger partial charge is 0.383 e. The number of primary sulfonamides is 1. The van der Waals surface area contributed by atoms with Crippen molar-refractivity contribution in [1.82, 2.24) is 0 Å². The van der Waals surface area contributed by atoms with Crippen molar-refractivity contribution in [3.8, 4) is 0 Å². The second-order valence-electron chi connectivity index (χ2n) is 5.26. The first-order chi connectivity index (χ1) is 9.31. The lowest BCUT2D eigenvalue weighted by Gasteiger charge is -2.25. The third-order valence-electron chi connectivity index (χ3n) is 3.10. The van der Waals surface area contributed by atoms with E-state index in [0.29, 0.717) is 12.2 Å². The van der Waals surface area contributed by atoms with E-state index in [1.54, 1.807) is 29.5 Å². The van der Waals surface area contributed by atoms with Gasteiger partial charge in [0.25, 0.3) is 0 Å². The van der Waals surface area contributed by atoms with Crippen LogP contribution in [0.15, 0.2) is 46.7 Å². The normalized spacial score (nSPS) is 12.3. The van der Waals surface area contributed by atoms with Gasteiger partial charge in [-0.15, -0.1) is 11.3 Å². The number of hydrogen-bond donors (Lipinski definition) is 2. The van der Waals surface area contributed by atoms with E-state index in [1.165, 1.54) is 10.9 Å². The molecule has 1 aromatic heterocycles. The molecule has 2 rings (SSSR count). The molecule has 1 heterocycles. The number of nitrogens with two attached hydrogens (primary N) is 1. The quantitative estimate of drug-likeness (QED) is 0.892. The van der Waals surface area contributed by atoms with Gasteiger partial charge in [-0.05, 0) is 23.6 Å². The van der Waals surface area contributed by atoms with Gasteiger partial charge in [0, 0.05) is 16.8 Å². The zero-order valence-corrected chi connectivity index (χ0v) is 13.1. The predicted molar refractivity (Wildman–Crippen MR) is 83.6 cm³/mol. The average Bonchev–Trinajstić information content (AvgIpc) is 2.90. The van der Waals surface area contributed by atoms with E-state index >= 15 is 0 Å². The standard InChI is InChI=1S/C14H18N2O2S2/c1-14(2,13-8-5-9-19-13)10-16-11-6-3-4-7-12(11)20(15,17)18/h3-9,16H,10H2,1-2H3,(H2,15,17,18). The van der Waals surface area contributed by atoms with Gasteiger partial charge >= 0.3 is 0 Å². The molecule has 0 unspecified atom stereocenters. The lowest BCUT2D eigenvalue weighted by molar-refractivity contribution is 0.567. The highest BCUT2D eigenvalue weighted by Gasteiger charge is 2.22. The summed E-state index contributed by atoms with van der Waals surface area (Å²) in [6, 6.07) is 10.8. The second-order valence-corrected chi connectivity index (χ2v) is 7.73. The van der Waals surface area contributed by atoms with Crippen LogP contribution in [0, 0.1) is 0 Å². The minimum absolute atomic E-state index is 0.0837. The summed E-state index contributed by atoms with van der Waals surface area (Å²) in [6.45, 7) is 4.86. The van der Waals surface area contributed by atoms with E-state index in [0.717, 1.165) is 0 Å². The molecule has 0 amide bonds. The Kier molecular flexibility index (Phi) is 4.17. The molecular formula is C14H18N2O2S2. The summed E-state index contributed by atoms with van der Waals surface area (Å²) < 4.78 is 23.1. The van der Waals surface area contributed by atoms with Crippen molar-refractivity contribution in [2.24, 2.45) is 5.14 Å². The SMILES string of the molecule is CC(C)(CNc1ccccc1S(N)(=O)=O)c1cccs1. The van der Waals surface area contributed by atoms with E-state index in [9.17, 15) is 8.42 Å². The molecule has 6 heteroatoms. The number of rotatable bonds is 5. The lowest BCUT2D eigenvalue weighted by Crippen LogP contribution is -2.27. The molecule has 0 aliphatic rings. The molecule has 2 aromatic rings. The highest BCUT2D eigenvalue weighted by molar-refractivity contribution is 7.89. The van der Waals surface area contributed by atoms with E-state index in [2.05, 4.69) is 25.2 Å². The molecule has 20 heavy (non-hydrogen) atoms. The van der Waals surface area contributed by atoms with Crippen LogP contribution in [0.2, 0.25) is 0 Å². The molecule has 0 saturated carbocycles. The van der Waals surface area contributed by atoms with Crippen molar-refractivity contribution < 1.29 is 8.42 Å². The van der Waals surface area contributed by atoms with Crippen molar-refractivity contribution in [2.45, 2.75) is 24.2 Å². The van der Waals surface area contributed by atoms with Gasteiger partial charge in [-0.25, -0.2) is 13.6 Å². The van der Waals surface area contributed by atoms with Crippen LogP contribution in [0.5, 0.6) is 0 Å². The zero-order chi connectivity index (χ0) is 14.8. The van der Waals surface area contributed by atoms with Crippen molar-refractivity contribution in [3.05, 3.63) is 46.7 Å². The number of hydrogen-bond acceptors (Lipinski definition) is 4. The monoisotopic (exact) mass is 310 g/mol. The Morgan fingerprint density at radius 1 is 1.20 bits per heavy atom. The summed E-state index contributed by atoms with van der Waals surface area (Å²) in [6.07, 6.45) is 0. The minimum Gasteiger partial charge on any atom is -0.383 e. The number of thiophene rings is 1. The first-order valence-electron chi connectivity index (χ1n) is 6.20. The van der Waals surface area contributed by atoms with Gasteiger partial charge in [0.15, 0.2) is 0 Å². The van der Waals surface area contributed by atoms with Crippen LogP contribution in [-0.2, 0) is 15.4 Å². The minimum atomic E-state index is -3.71. The van der Waals surface area contributed by atoms with Gasteiger partial charge < -0.3 is 5.32 Å². The van der Waals surface area contributed by atoms with Gasteiger partial charge in [-0.2, -0.15) is 0 Å². The molecule has 0 aliphatic carbocycles. The van der Waals surface area contributed by atoms with Crippen LogP contribution in [0.4, 0.5) is 5.69 Å². The van der Waals surface area contributed by atoms with Crippen LogP contribution >= 0.6 is 11.3 Å². The van der Waals surface area contributed by atoms with Crippen molar-refractivity contribution >= 4 is 27.0 Å². The first-order valence-corrected chi connectivity index (χ1v) is 8.63. The lowest BCUT2D eigenvalue weighted by atomic mass is 9.91. The van der Waals surface area contributed by atoms with E-state index in [4.69, 9.17) is 5.14 Å². The second kappa shape index (κ2) is 5.55. The molecule has 0 saturated heterocycles. The fraction of sp³-hybridized carbons (Fsp3) is 0.286. The molecule has 0 bridgehead atoms. The van der Waals surface area contributed by atoms with Gasteiger partial charge in [0.2, 0.25) is 10.0 Å². The summed E-state index contributed by atoms with van der Waals surface area (Å²) in [5.41, 5.74) is 0.458. The topological polar surface area (TPSA) is 72.2 Å². The Hall–Kier alpha value is -1.37. The molecule has 0 atom stereocenters. The maximum Gasteiger partial charge on any atom is 0.240 e. The van der Waals surface area contributed by atoms with E-state index < -0.39 is 10.0 Å². The smallest absolute Gasteiger partial charge is 0.240 e. The third-order valence-corrected chi connectivity index (χ3v) is 5.31. The van der Waals surface area contributed by atoms with E-state index in [1.807, 2.05) is 11.4 Å².